The van der Waals surface area contributed by atoms with Gasteiger partial charge in [-0.2, -0.15) is 0 Å². The maximum absolute atomic E-state index is 12.4. The van der Waals surface area contributed by atoms with Gasteiger partial charge >= 0.3 is 0 Å². The molecule has 6 N–H and O–H groups in total. The quantitative estimate of drug-likeness (QED) is 0.107. The predicted molar refractivity (Wildman–Crippen MR) is 229 cm³/mol. The van der Waals surface area contributed by atoms with Crippen molar-refractivity contribution < 1.29 is 29.7 Å². The first-order chi connectivity index (χ1) is 29.3. The minimum Gasteiger partial charge on any atom is -0.505 e. The van der Waals surface area contributed by atoms with Gasteiger partial charge in [-0.25, -0.2) is 15.0 Å². The van der Waals surface area contributed by atoms with Gasteiger partial charge in [0.15, 0.2) is 17.5 Å². The van der Waals surface area contributed by atoms with E-state index in [9.17, 15) is 29.7 Å². The molecule has 12 nitrogen and oxygen atoms in total. The van der Waals surface area contributed by atoms with Crippen LogP contribution in [0.5, 0.6) is 17.5 Å². The van der Waals surface area contributed by atoms with Crippen LogP contribution in [-0.2, 0) is 4.79 Å². The molecule has 0 bridgehead atoms. The van der Waals surface area contributed by atoms with E-state index in [2.05, 4.69) is 29.9 Å². The van der Waals surface area contributed by atoms with E-state index in [0.717, 1.165) is 32.5 Å². The normalized spacial score (nSPS) is 13.6. The third-order valence-electron chi connectivity index (χ3n) is 10.6. The number of hydrogen-bond acceptors (Lipinski definition) is 8. The molecular weight excluding hydrogens is 757 g/mol. The minimum atomic E-state index is -0.314. The van der Waals surface area contributed by atoms with Crippen LogP contribution in [0.1, 0.15) is 37.5 Å². The fourth-order valence-electron chi connectivity index (χ4n) is 7.81. The van der Waals surface area contributed by atoms with E-state index >= 15 is 0 Å². The summed E-state index contributed by atoms with van der Waals surface area (Å²) < 4.78 is 0. The maximum Gasteiger partial charge on any atom is 0.279 e. The molecule has 1 amide bonds. The second-order valence-corrected chi connectivity index (χ2v) is 14.1. The number of H-pyrrole nitrogens is 3. The number of hydrogen-bond donors (Lipinski definition) is 6. The van der Waals surface area contributed by atoms with Crippen molar-refractivity contribution >= 4 is 78.6 Å². The van der Waals surface area contributed by atoms with Crippen LogP contribution in [0, 0.1) is 0 Å². The number of rotatable bonds is 3. The monoisotopic (exact) mass is 786 g/mol. The number of fused-ring (bicyclic) bond motifs is 6. The maximum atomic E-state index is 12.4. The van der Waals surface area contributed by atoms with E-state index < -0.39 is 0 Å². The summed E-state index contributed by atoms with van der Waals surface area (Å²) >= 11 is 0. The Balaban J connectivity index is 0.000000108. The molecule has 0 unspecified atom stereocenters. The van der Waals surface area contributed by atoms with Gasteiger partial charge in [0.05, 0.1) is 33.4 Å². The fraction of sp³-hybridized carbons (Fsp3) is 0. The van der Waals surface area contributed by atoms with Crippen LogP contribution in [0.15, 0.2) is 161 Å². The van der Waals surface area contributed by atoms with Crippen molar-refractivity contribution in [3.8, 4) is 17.5 Å². The lowest BCUT2D eigenvalue weighted by molar-refractivity contribution is -0.112. The third kappa shape index (κ3) is 5.78. The number of aromatic amines is 3. The molecule has 12 heteroatoms. The van der Waals surface area contributed by atoms with Gasteiger partial charge in [-0.3, -0.25) is 14.4 Å². The van der Waals surface area contributed by atoms with Crippen molar-refractivity contribution in [1.29, 1.82) is 0 Å². The molecule has 12 rings (SSSR count). The topological polar surface area (TPSA) is 196 Å². The summed E-state index contributed by atoms with van der Waals surface area (Å²) in [6.45, 7) is 0. The molecule has 9 aromatic rings. The molecule has 60 heavy (non-hydrogen) atoms. The Labute approximate surface area is 338 Å². The van der Waals surface area contributed by atoms with Gasteiger partial charge < -0.3 is 30.3 Å². The highest BCUT2D eigenvalue weighted by atomic mass is 16.3. The summed E-state index contributed by atoms with van der Waals surface area (Å²) in [6, 6.07) is 44.0. The lowest BCUT2D eigenvalue weighted by Gasteiger charge is -1.99. The van der Waals surface area contributed by atoms with E-state index in [1.165, 1.54) is 0 Å². The van der Waals surface area contributed by atoms with Crippen molar-refractivity contribution in [2.45, 2.75) is 0 Å². The molecular formula is C48H30N6O6. The van der Waals surface area contributed by atoms with Gasteiger partial charge in [-0.1, -0.05) is 91.0 Å². The summed E-state index contributed by atoms with van der Waals surface area (Å²) in [5.74, 6) is -0.581. The molecule has 6 heterocycles. The Morgan fingerprint density at radius 3 is 1.52 bits per heavy atom. The molecule has 3 aromatic heterocycles. The number of carbonyl (C=O) groups is 3. The molecule has 6 aromatic carbocycles. The molecule has 0 spiro atoms. The number of benzene rings is 6. The van der Waals surface area contributed by atoms with E-state index in [4.69, 9.17) is 0 Å². The van der Waals surface area contributed by atoms with Crippen LogP contribution in [0.4, 0.5) is 11.4 Å². The Kier molecular flexibility index (Phi) is 8.39. The van der Waals surface area contributed by atoms with E-state index in [1.807, 2.05) is 103 Å². The van der Waals surface area contributed by atoms with Crippen LogP contribution in [0.25, 0.3) is 38.3 Å². The average Bonchev–Trinajstić information content (AvgIpc) is 4.10. The lowest BCUT2D eigenvalue weighted by atomic mass is 10.0. The minimum absolute atomic E-state index is 0.00135. The van der Waals surface area contributed by atoms with Gasteiger partial charge in [0, 0.05) is 49.1 Å². The second-order valence-electron chi connectivity index (χ2n) is 14.1. The number of aromatic nitrogens is 3. The van der Waals surface area contributed by atoms with Crippen molar-refractivity contribution in [2.75, 3.05) is 0 Å². The third-order valence-corrected chi connectivity index (χ3v) is 10.6. The number of carbonyl (C=O) groups excluding carboxylic acids is 3. The zero-order chi connectivity index (χ0) is 41.1. The molecule has 0 atom stereocenters. The van der Waals surface area contributed by atoms with Gasteiger partial charge in [0.1, 0.15) is 17.1 Å². The largest absolute Gasteiger partial charge is 0.505 e. The van der Waals surface area contributed by atoms with Gasteiger partial charge in [0.2, 0.25) is 11.6 Å². The van der Waals surface area contributed by atoms with E-state index in [-0.39, 0.29) is 40.7 Å². The zero-order valence-electron chi connectivity index (χ0n) is 31.3. The number of aromatic hydroxyl groups is 3. The van der Waals surface area contributed by atoms with Crippen LogP contribution in [-0.4, -0.2) is 59.2 Å². The Hall–Kier alpha value is -8.64. The highest BCUT2D eigenvalue weighted by Crippen LogP contribution is 2.37. The highest BCUT2D eigenvalue weighted by Gasteiger charge is 2.31. The summed E-state index contributed by atoms with van der Waals surface area (Å²) in [7, 11) is 0. The van der Waals surface area contributed by atoms with Gasteiger partial charge in [0.25, 0.3) is 5.91 Å². The van der Waals surface area contributed by atoms with Crippen LogP contribution >= 0.6 is 0 Å². The van der Waals surface area contributed by atoms with E-state index in [0.29, 0.717) is 61.4 Å². The van der Waals surface area contributed by atoms with Gasteiger partial charge in [-0.15, -0.1) is 0 Å². The van der Waals surface area contributed by atoms with Crippen molar-refractivity contribution in [1.82, 2.24) is 15.0 Å². The molecule has 3 aliphatic heterocycles. The molecule has 0 saturated carbocycles. The van der Waals surface area contributed by atoms with Crippen molar-refractivity contribution in [3.05, 3.63) is 184 Å². The van der Waals surface area contributed by atoms with Crippen molar-refractivity contribution in [3.63, 3.8) is 0 Å². The van der Waals surface area contributed by atoms with Crippen LogP contribution in [0.3, 0.4) is 0 Å². The molecule has 0 fully saturated rings. The number of Topliss-reactive ketones (excluding diaryl/α,β-unsaturated/α-hetero) is 2. The first-order valence-electron chi connectivity index (χ1n) is 18.8. The summed E-state index contributed by atoms with van der Waals surface area (Å²) in [6.07, 6.45) is 0. The van der Waals surface area contributed by atoms with E-state index in [1.54, 1.807) is 42.5 Å². The SMILES string of the molecule is O=C1C(c2[nH]c3ccccc3c2O)=Nc2ccccc21.O=C1C(c2c(O)[nH]c3ccccc23)=Nc2ccccc21.O=C1N=c2ccccc2=C1c1c(O)[nH]c2ccccc12. The summed E-state index contributed by atoms with van der Waals surface area (Å²) in [4.78, 5) is 58.6. The molecule has 0 saturated heterocycles. The molecule has 3 aliphatic rings. The number of para-hydroxylation sites is 6. The first-order valence-corrected chi connectivity index (χ1v) is 18.8. The smallest absolute Gasteiger partial charge is 0.279 e. The zero-order valence-corrected chi connectivity index (χ0v) is 31.3. The molecule has 0 radical (unpaired) electrons. The standard InChI is InChI=1S/3C16H10N2O2/c19-15-9-5-1-3-7-11(9)17-13(15)14-16(20)10-6-2-4-8-12(10)18-14;19-15-10-6-2-4-8-12(10)17-14(15)13-9-5-1-3-7-11(9)18-16(13)20;19-15-13(9-5-1-3-7-11(9)17-15)14-10-6-2-4-8-12(10)18-16(14)20/h1-8,17,19H;1-8,18,20H;1-8,17,19H. The van der Waals surface area contributed by atoms with Crippen molar-refractivity contribution in [2.24, 2.45) is 15.0 Å². The lowest BCUT2D eigenvalue weighted by Crippen LogP contribution is -2.22. The Morgan fingerprint density at radius 1 is 0.433 bits per heavy atom. The Morgan fingerprint density at radius 2 is 0.900 bits per heavy atom. The number of aliphatic imine (C=N–C) groups is 2. The number of amides is 1. The first kappa shape index (κ1) is 35.8. The number of nitrogens with one attached hydrogen (secondary N) is 3. The summed E-state index contributed by atoms with van der Waals surface area (Å²) in [5.41, 5.74) is 7.20. The van der Waals surface area contributed by atoms with Crippen LogP contribution < -0.4 is 10.6 Å². The Bertz CT molecular complexity index is 3490. The number of ketones is 2. The summed E-state index contributed by atoms with van der Waals surface area (Å²) in [5, 5.41) is 34.3. The average molecular weight is 787 g/mol. The predicted octanol–water partition coefficient (Wildman–Crippen LogP) is 7.61. The van der Waals surface area contributed by atoms with Crippen LogP contribution in [0.2, 0.25) is 0 Å². The fourth-order valence-corrected chi connectivity index (χ4v) is 7.81. The number of nitrogens with zero attached hydrogens (tertiary/aromatic N) is 3. The second kappa shape index (κ2) is 14.1. The van der Waals surface area contributed by atoms with Gasteiger partial charge in [-0.05, 0) is 54.6 Å². The highest BCUT2D eigenvalue weighted by molar-refractivity contribution is 6.57. The molecule has 288 valence electrons. The molecule has 0 aliphatic carbocycles.